The highest BCUT2D eigenvalue weighted by Crippen LogP contribution is 2.27. The third-order valence-corrected chi connectivity index (χ3v) is 3.78. The molecule has 0 heterocycles. The van der Waals surface area contributed by atoms with Crippen molar-refractivity contribution >= 4 is 29.1 Å². The van der Waals surface area contributed by atoms with Crippen LogP contribution in [0.2, 0.25) is 0 Å². The molecule has 1 atom stereocenters. The molecule has 1 aliphatic rings. The smallest absolute Gasteiger partial charge is 0.227 e. The number of hydrogen-bond acceptors (Lipinski definition) is 3. The van der Waals surface area contributed by atoms with Crippen molar-refractivity contribution in [2.24, 2.45) is 5.92 Å². The summed E-state index contributed by atoms with van der Waals surface area (Å²) in [6.07, 6.45) is 3.60. The van der Waals surface area contributed by atoms with Crippen molar-refractivity contribution in [2.75, 3.05) is 11.6 Å². The van der Waals surface area contributed by atoms with Gasteiger partial charge in [0.05, 0.1) is 5.69 Å². The minimum atomic E-state index is -0.141. The third kappa shape index (κ3) is 2.88. The minimum Gasteiger partial charge on any atom is -0.325 e. The predicted molar refractivity (Wildman–Crippen MR) is 69.2 cm³/mol. The van der Waals surface area contributed by atoms with E-state index in [1.165, 1.54) is 0 Å². The zero-order valence-electron chi connectivity index (χ0n) is 9.73. The van der Waals surface area contributed by atoms with Crippen molar-refractivity contribution in [3.8, 4) is 0 Å². The molecule has 1 amide bonds. The van der Waals surface area contributed by atoms with Gasteiger partial charge in [0.15, 0.2) is 0 Å². The summed E-state index contributed by atoms with van der Waals surface area (Å²) in [5.74, 6) is 0.0260. The maximum atomic E-state index is 12.0. The maximum Gasteiger partial charge on any atom is 0.227 e. The zero-order valence-corrected chi connectivity index (χ0v) is 10.5. The van der Waals surface area contributed by atoms with E-state index in [9.17, 15) is 9.59 Å². The first kappa shape index (κ1) is 12.2. The minimum absolute atomic E-state index is 0.0302. The third-order valence-electron chi connectivity index (χ3n) is 2.98. The van der Waals surface area contributed by atoms with E-state index in [2.05, 4.69) is 5.32 Å². The van der Waals surface area contributed by atoms with Gasteiger partial charge in [-0.05, 0) is 24.8 Å². The van der Waals surface area contributed by atoms with Crippen molar-refractivity contribution in [3.63, 3.8) is 0 Å². The summed E-state index contributed by atoms with van der Waals surface area (Å²) in [5.41, 5.74) is 0.837. The average molecular weight is 249 g/mol. The lowest BCUT2D eigenvalue weighted by molar-refractivity contribution is -0.122. The largest absolute Gasteiger partial charge is 0.325 e. The zero-order chi connectivity index (χ0) is 12.3. The standard InChI is InChI=1S/C13H15NO2S/c1-17-12-5-3-2-4-11(12)14-13(16)9-6-7-10(15)8-9/h2-5,9H,6-8H2,1H3,(H,14,16). The Labute approximate surface area is 105 Å². The number of carbonyl (C=O) groups excluding carboxylic acids is 2. The van der Waals surface area contributed by atoms with E-state index in [0.29, 0.717) is 19.3 Å². The Bertz CT molecular complexity index is 445. The van der Waals surface area contributed by atoms with Crippen molar-refractivity contribution in [1.82, 2.24) is 0 Å². The molecule has 1 N–H and O–H groups in total. The summed E-state index contributed by atoms with van der Waals surface area (Å²) in [6.45, 7) is 0. The topological polar surface area (TPSA) is 46.2 Å². The molecular formula is C13H15NO2S. The summed E-state index contributed by atoms with van der Waals surface area (Å²) >= 11 is 1.60. The number of para-hydroxylation sites is 1. The lowest BCUT2D eigenvalue weighted by Gasteiger charge is -2.12. The molecule has 0 radical (unpaired) electrons. The van der Waals surface area contributed by atoms with Gasteiger partial charge in [-0.3, -0.25) is 9.59 Å². The van der Waals surface area contributed by atoms with E-state index in [1.807, 2.05) is 30.5 Å². The molecule has 1 aliphatic carbocycles. The van der Waals surface area contributed by atoms with Crippen LogP contribution in [0.5, 0.6) is 0 Å². The quantitative estimate of drug-likeness (QED) is 0.838. The fraction of sp³-hybridized carbons (Fsp3) is 0.385. The predicted octanol–water partition coefficient (Wildman–Crippen LogP) is 2.72. The normalized spacial score (nSPS) is 19.4. The van der Waals surface area contributed by atoms with Crippen LogP contribution in [-0.4, -0.2) is 17.9 Å². The summed E-state index contributed by atoms with van der Waals surface area (Å²) in [4.78, 5) is 24.2. The van der Waals surface area contributed by atoms with Gasteiger partial charge in [-0.1, -0.05) is 12.1 Å². The second-order valence-corrected chi connectivity index (χ2v) is 5.02. The highest BCUT2D eigenvalue weighted by atomic mass is 32.2. The second kappa shape index (κ2) is 5.36. The van der Waals surface area contributed by atoms with Gasteiger partial charge >= 0.3 is 0 Å². The monoisotopic (exact) mass is 249 g/mol. The highest BCUT2D eigenvalue weighted by Gasteiger charge is 2.28. The van der Waals surface area contributed by atoms with Crippen LogP contribution in [0.3, 0.4) is 0 Å². The Hall–Kier alpha value is -1.29. The molecule has 0 spiro atoms. The van der Waals surface area contributed by atoms with Crippen molar-refractivity contribution in [1.29, 1.82) is 0 Å². The van der Waals surface area contributed by atoms with E-state index in [-0.39, 0.29) is 17.6 Å². The summed E-state index contributed by atoms with van der Waals surface area (Å²) in [7, 11) is 0. The molecule has 3 nitrogen and oxygen atoms in total. The van der Waals surface area contributed by atoms with Crippen molar-refractivity contribution in [3.05, 3.63) is 24.3 Å². The number of Topliss-reactive ketones (excluding diaryl/α,β-unsaturated/α-hetero) is 1. The van der Waals surface area contributed by atoms with Gasteiger partial charge in [0.2, 0.25) is 5.91 Å². The Morgan fingerprint density at radius 2 is 2.18 bits per heavy atom. The molecule has 1 unspecified atom stereocenters. The molecule has 0 aromatic heterocycles. The molecule has 1 aromatic rings. The molecule has 0 bridgehead atoms. The first-order valence-corrected chi connectivity index (χ1v) is 6.88. The van der Waals surface area contributed by atoms with Crippen molar-refractivity contribution in [2.45, 2.75) is 24.2 Å². The van der Waals surface area contributed by atoms with Gasteiger partial charge in [0.1, 0.15) is 5.78 Å². The second-order valence-electron chi connectivity index (χ2n) is 4.17. The Kier molecular flexibility index (Phi) is 3.84. The Morgan fingerprint density at radius 1 is 1.41 bits per heavy atom. The SMILES string of the molecule is CSc1ccccc1NC(=O)C1CCC(=O)C1. The molecule has 1 aromatic carbocycles. The van der Waals surface area contributed by atoms with Gasteiger partial charge in [-0.15, -0.1) is 11.8 Å². The van der Waals surface area contributed by atoms with E-state index in [1.54, 1.807) is 11.8 Å². The molecule has 1 saturated carbocycles. The molecule has 17 heavy (non-hydrogen) atoms. The van der Waals surface area contributed by atoms with Gasteiger partial charge in [-0.2, -0.15) is 0 Å². The number of hydrogen-bond donors (Lipinski definition) is 1. The van der Waals surface area contributed by atoms with Crippen molar-refractivity contribution < 1.29 is 9.59 Å². The van der Waals surface area contributed by atoms with Crippen LogP contribution in [0.25, 0.3) is 0 Å². The summed E-state index contributed by atoms with van der Waals surface area (Å²) in [6, 6.07) is 7.70. The molecule has 90 valence electrons. The molecule has 0 saturated heterocycles. The van der Waals surface area contributed by atoms with Gasteiger partial charge in [0, 0.05) is 23.7 Å². The number of amides is 1. The highest BCUT2D eigenvalue weighted by molar-refractivity contribution is 7.98. The fourth-order valence-electron chi connectivity index (χ4n) is 2.02. The number of thioether (sulfide) groups is 1. The molecular weight excluding hydrogens is 234 g/mol. The van der Waals surface area contributed by atoms with Crippen LogP contribution in [0.1, 0.15) is 19.3 Å². The lowest BCUT2D eigenvalue weighted by Crippen LogP contribution is -2.21. The van der Waals surface area contributed by atoms with E-state index < -0.39 is 0 Å². The lowest BCUT2D eigenvalue weighted by atomic mass is 10.1. The number of benzene rings is 1. The van der Waals surface area contributed by atoms with Crippen LogP contribution >= 0.6 is 11.8 Å². The first-order chi connectivity index (χ1) is 8.20. The van der Waals surface area contributed by atoms with Crippen LogP contribution in [0.15, 0.2) is 29.2 Å². The van der Waals surface area contributed by atoms with Crippen LogP contribution in [0.4, 0.5) is 5.69 Å². The molecule has 4 heteroatoms. The molecule has 2 rings (SSSR count). The van der Waals surface area contributed by atoms with Gasteiger partial charge in [-0.25, -0.2) is 0 Å². The summed E-state index contributed by atoms with van der Waals surface area (Å²) < 4.78 is 0. The van der Waals surface area contributed by atoms with Gasteiger partial charge in [0.25, 0.3) is 0 Å². The van der Waals surface area contributed by atoms with Gasteiger partial charge < -0.3 is 5.32 Å². The Morgan fingerprint density at radius 3 is 2.82 bits per heavy atom. The van der Waals surface area contributed by atoms with E-state index in [4.69, 9.17) is 0 Å². The number of nitrogens with one attached hydrogen (secondary N) is 1. The number of carbonyl (C=O) groups is 2. The first-order valence-electron chi connectivity index (χ1n) is 5.66. The fourth-order valence-corrected chi connectivity index (χ4v) is 2.57. The number of rotatable bonds is 3. The number of anilines is 1. The Balaban J connectivity index is 2.05. The van der Waals surface area contributed by atoms with E-state index >= 15 is 0 Å². The summed E-state index contributed by atoms with van der Waals surface area (Å²) in [5, 5.41) is 2.91. The van der Waals surface area contributed by atoms with E-state index in [0.717, 1.165) is 10.6 Å². The van der Waals surface area contributed by atoms with Crippen LogP contribution in [-0.2, 0) is 9.59 Å². The average Bonchev–Trinajstić information content (AvgIpc) is 2.77. The molecule has 1 fully saturated rings. The molecule has 0 aliphatic heterocycles. The van der Waals surface area contributed by atoms with Crippen LogP contribution < -0.4 is 5.32 Å². The number of ketones is 1. The van der Waals surface area contributed by atoms with Crippen LogP contribution in [0, 0.1) is 5.92 Å². The maximum absolute atomic E-state index is 12.0.